The predicted octanol–water partition coefficient (Wildman–Crippen LogP) is 4.18. The van der Waals surface area contributed by atoms with Gasteiger partial charge in [-0.25, -0.2) is 0 Å². The first kappa shape index (κ1) is 16.4. The normalized spacial score (nSPS) is 15.6. The molecule has 0 fully saturated rings. The van der Waals surface area contributed by atoms with Gasteiger partial charge in [0, 0.05) is 12.2 Å². The largest absolute Gasteiger partial charge is 0.315 e. The van der Waals surface area contributed by atoms with E-state index in [1.54, 1.807) is 0 Å². The lowest BCUT2D eigenvalue weighted by Crippen LogP contribution is -2.25. The maximum atomic E-state index is 3.91. The van der Waals surface area contributed by atoms with Gasteiger partial charge in [0.1, 0.15) is 0 Å². The SMILES string of the molecule is C=NC=C(CCC)CC(C)CCC(C)NCC. The fourth-order valence-electron chi connectivity index (χ4n) is 2.20. The number of hydrogen-bond donors (Lipinski definition) is 1. The Balaban J connectivity index is 3.93. The summed E-state index contributed by atoms with van der Waals surface area (Å²) in [6, 6.07) is 0.638. The molecule has 0 aromatic heterocycles. The van der Waals surface area contributed by atoms with Crippen molar-refractivity contribution >= 4 is 6.72 Å². The van der Waals surface area contributed by atoms with Crippen LogP contribution in [0.25, 0.3) is 0 Å². The molecule has 0 saturated heterocycles. The van der Waals surface area contributed by atoms with Crippen molar-refractivity contribution in [2.75, 3.05) is 6.54 Å². The molecule has 0 bridgehead atoms. The monoisotopic (exact) mass is 238 g/mol. The summed E-state index contributed by atoms with van der Waals surface area (Å²) < 4.78 is 0. The number of hydrogen-bond acceptors (Lipinski definition) is 2. The van der Waals surface area contributed by atoms with Crippen molar-refractivity contribution in [2.45, 2.75) is 65.8 Å². The Labute approximate surface area is 108 Å². The summed E-state index contributed by atoms with van der Waals surface area (Å²) in [5.41, 5.74) is 1.45. The molecule has 0 radical (unpaired) electrons. The molecule has 0 spiro atoms. The second-order valence-electron chi connectivity index (χ2n) is 5.07. The third kappa shape index (κ3) is 9.11. The average molecular weight is 238 g/mol. The van der Waals surface area contributed by atoms with Crippen LogP contribution in [0.15, 0.2) is 16.8 Å². The van der Waals surface area contributed by atoms with Crippen LogP contribution in [-0.4, -0.2) is 19.3 Å². The van der Waals surface area contributed by atoms with Crippen molar-refractivity contribution < 1.29 is 0 Å². The molecule has 2 nitrogen and oxygen atoms in total. The maximum absolute atomic E-state index is 3.91. The molecular weight excluding hydrogens is 208 g/mol. The number of allylic oxidation sites excluding steroid dienone is 1. The molecule has 17 heavy (non-hydrogen) atoms. The fraction of sp³-hybridized carbons (Fsp3) is 0.800. The predicted molar refractivity (Wildman–Crippen MR) is 78.7 cm³/mol. The van der Waals surface area contributed by atoms with Crippen LogP contribution in [0, 0.1) is 5.92 Å². The van der Waals surface area contributed by atoms with Crippen LogP contribution in [0.4, 0.5) is 0 Å². The van der Waals surface area contributed by atoms with Gasteiger partial charge in [-0.3, -0.25) is 4.99 Å². The molecule has 0 amide bonds. The van der Waals surface area contributed by atoms with Crippen molar-refractivity contribution in [3.8, 4) is 0 Å². The van der Waals surface area contributed by atoms with Crippen molar-refractivity contribution in [2.24, 2.45) is 10.9 Å². The highest BCUT2D eigenvalue weighted by Crippen LogP contribution is 2.20. The minimum Gasteiger partial charge on any atom is -0.315 e. The quantitative estimate of drug-likeness (QED) is 0.567. The number of aliphatic imine (C=N–C) groups is 1. The molecule has 0 aliphatic carbocycles. The molecule has 0 saturated carbocycles. The smallest absolute Gasteiger partial charge is 0.0252 e. The van der Waals surface area contributed by atoms with Gasteiger partial charge in [-0.1, -0.05) is 32.8 Å². The van der Waals surface area contributed by atoms with Gasteiger partial charge in [-0.15, -0.1) is 0 Å². The highest BCUT2D eigenvalue weighted by atomic mass is 14.9. The molecule has 2 unspecified atom stereocenters. The number of nitrogens with zero attached hydrogens (tertiary/aromatic N) is 1. The summed E-state index contributed by atoms with van der Waals surface area (Å²) in [6.45, 7) is 13.6. The highest BCUT2D eigenvalue weighted by Gasteiger charge is 2.08. The average Bonchev–Trinajstić information content (AvgIpc) is 2.27. The first-order valence-electron chi connectivity index (χ1n) is 7.01. The van der Waals surface area contributed by atoms with Gasteiger partial charge in [-0.2, -0.15) is 0 Å². The molecule has 0 heterocycles. The maximum Gasteiger partial charge on any atom is 0.0252 e. The second-order valence-corrected chi connectivity index (χ2v) is 5.07. The molecule has 0 rings (SSSR count). The van der Waals surface area contributed by atoms with E-state index in [0.29, 0.717) is 6.04 Å². The lowest BCUT2D eigenvalue weighted by atomic mass is 9.93. The molecule has 0 aliphatic rings. The summed E-state index contributed by atoms with van der Waals surface area (Å²) >= 11 is 0. The minimum atomic E-state index is 0.638. The van der Waals surface area contributed by atoms with Gasteiger partial charge in [0.2, 0.25) is 0 Å². The van der Waals surface area contributed by atoms with Crippen LogP contribution in [0.5, 0.6) is 0 Å². The third-order valence-electron chi connectivity index (χ3n) is 3.10. The zero-order valence-electron chi connectivity index (χ0n) is 12.1. The van der Waals surface area contributed by atoms with Crippen LogP contribution in [0.1, 0.15) is 59.8 Å². The Morgan fingerprint density at radius 2 is 2.00 bits per heavy atom. The van der Waals surface area contributed by atoms with Crippen molar-refractivity contribution in [1.82, 2.24) is 5.32 Å². The molecule has 1 N–H and O–H groups in total. The van der Waals surface area contributed by atoms with E-state index >= 15 is 0 Å². The van der Waals surface area contributed by atoms with E-state index in [4.69, 9.17) is 0 Å². The van der Waals surface area contributed by atoms with Gasteiger partial charge in [0.25, 0.3) is 0 Å². The van der Waals surface area contributed by atoms with E-state index in [0.717, 1.165) is 18.9 Å². The van der Waals surface area contributed by atoms with Crippen molar-refractivity contribution in [3.05, 3.63) is 11.8 Å². The fourth-order valence-corrected chi connectivity index (χ4v) is 2.20. The lowest BCUT2D eigenvalue weighted by molar-refractivity contribution is 0.434. The van der Waals surface area contributed by atoms with Crippen LogP contribution in [0.3, 0.4) is 0 Å². The van der Waals surface area contributed by atoms with Crippen LogP contribution in [0.2, 0.25) is 0 Å². The van der Waals surface area contributed by atoms with E-state index in [9.17, 15) is 0 Å². The number of nitrogens with one attached hydrogen (secondary N) is 1. The Bertz CT molecular complexity index is 221. The summed E-state index contributed by atoms with van der Waals surface area (Å²) in [6.07, 6.45) is 8.02. The third-order valence-corrected chi connectivity index (χ3v) is 3.10. The Kier molecular flexibility index (Phi) is 10.1. The summed E-state index contributed by atoms with van der Waals surface area (Å²) in [5.74, 6) is 0.746. The first-order valence-corrected chi connectivity index (χ1v) is 7.01. The Hall–Kier alpha value is -0.630. The van der Waals surface area contributed by atoms with Crippen molar-refractivity contribution in [3.63, 3.8) is 0 Å². The van der Waals surface area contributed by atoms with Crippen LogP contribution < -0.4 is 5.32 Å². The van der Waals surface area contributed by atoms with Gasteiger partial charge in [0.05, 0.1) is 0 Å². The van der Waals surface area contributed by atoms with E-state index in [2.05, 4.69) is 44.7 Å². The summed E-state index contributed by atoms with van der Waals surface area (Å²) in [5, 5.41) is 3.46. The molecule has 0 aromatic rings. The zero-order valence-corrected chi connectivity index (χ0v) is 12.1. The molecule has 0 aromatic carbocycles. The summed E-state index contributed by atoms with van der Waals surface area (Å²) in [4.78, 5) is 3.91. The van der Waals surface area contributed by atoms with Gasteiger partial charge in [0.15, 0.2) is 0 Å². The second kappa shape index (κ2) is 10.5. The standard InChI is InChI=1S/C15H30N2/c1-6-8-15(12-16-5)11-13(3)9-10-14(4)17-7-2/h12-14,17H,5-11H2,1-4H3. The van der Waals surface area contributed by atoms with E-state index in [1.165, 1.54) is 31.3 Å². The van der Waals surface area contributed by atoms with Gasteiger partial charge < -0.3 is 5.32 Å². The minimum absolute atomic E-state index is 0.638. The van der Waals surface area contributed by atoms with Gasteiger partial charge >= 0.3 is 0 Å². The zero-order chi connectivity index (χ0) is 13.1. The molecule has 100 valence electrons. The molecular formula is C15H30N2. The number of rotatable bonds is 10. The van der Waals surface area contributed by atoms with Gasteiger partial charge in [-0.05, 0) is 51.8 Å². The molecule has 2 heteroatoms. The van der Waals surface area contributed by atoms with E-state index in [1.807, 2.05) is 6.20 Å². The molecule has 2 atom stereocenters. The Morgan fingerprint density at radius 3 is 2.53 bits per heavy atom. The van der Waals surface area contributed by atoms with E-state index < -0.39 is 0 Å². The first-order chi connectivity index (χ1) is 8.13. The van der Waals surface area contributed by atoms with Crippen molar-refractivity contribution in [1.29, 1.82) is 0 Å². The highest BCUT2D eigenvalue weighted by molar-refractivity contribution is 5.26. The van der Waals surface area contributed by atoms with Crippen LogP contribution in [-0.2, 0) is 0 Å². The van der Waals surface area contributed by atoms with E-state index in [-0.39, 0.29) is 0 Å². The summed E-state index contributed by atoms with van der Waals surface area (Å²) in [7, 11) is 0. The lowest BCUT2D eigenvalue weighted by Gasteiger charge is -2.17. The molecule has 0 aliphatic heterocycles. The van der Waals surface area contributed by atoms with Crippen LogP contribution >= 0.6 is 0 Å². The Morgan fingerprint density at radius 1 is 1.29 bits per heavy atom. The topological polar surface area (TPSA) is 24.4 Å².